The van der Waals surface area contributed by atoms with Crippen LogP contribution in [-0.2, 0) is 90.0 Å². The van der Waals surface area contributed by atoms with Crippen LogP contribution >= 0.6 is 23.2 Å². The van der Waals surface area contributed by atoms with Gasteiger partial charge in [-0.05, 0) is 45.9 Å². The van der Waals surface area contributed by atoms with Gasteiger partial charge in [0.15, 0.2) is 23.1 Å². The van der Waals surface area contributed by atoms with E-state index < -0.39 is 143 Å². The predicted octanol–water partition coefficient (Wildman–Crippen LogP) is 2.15. The summed E-state index contributed by atoms with van der Waals surface area (Å²) in [4.78, 5) is 78.8. The lowest BCUT2D eigenvalue weighted by Crippen LogP contribution is -2.26. The van der Waals surface area contributed by atoms with Crippen LogP contribution in [0.5, 0.6) is 11.5 Å². The highest BCUT2D eigenvalue weighted by molar-refractivity contribution is 7.86. The van der Waals surface area contributed by atoms with Crippen LogP contribution in [0.15, 0.2) is 161 Å². The minimum Gasteiger partial charge on any atom is -0.505 e. The summed E-state index contributed by atoms with van der Waals surface area (Å²) in [5.41, 5.74) is -2.30. The highest BCUT2D eigenvalue weighted by atomic mass is 35.5. The first-order chi connectivity index (χ1) is 46.2. The molecule has 1 aromatic carbocycles. The zero-order valence-electron chi connectivity index (χ0n) is 49.5. The molecule has 3 aliphatic carbocycles. The number of carbonyl (C=O) groups excluding carboxylic acids is 6. The average Bonchev–Trinajstić information content (AvgIpc) is 1.44. The van der Waals surface area contributed by atoms with E-state index in [9.17, 15) is 81.1 Å². The number of benzene rings is 1. The van der Waals surface area contributed by atoms with Crippen molar-refractivity contribution in [1.82, 2.24) is 59.5 Å². The summed E-state index contributed by atoms with van der Waals surface area (Å²) < 4.78 is 181. The number of nitrogens with zero attached hydrogens (tertiary/aromatic N) is 14. The zero-order chi connectivity index (χ0) is 76.1. The van der Waals surface area contributed by atoms with Crippen LogP contribution in [0.25, 0.3) is 42.1 Å². The first-order valence-electron chi connectivity index (χ1n) is 24.9. The van der Waals surface area contributed by atoms with Crippen molar-refractivity contribution in [1.29, 1.82) is 0 Å². The number of carbonyl (C=O) groups is 6. The smallest absolute Gasteiger partial charge is 0.425 e. The van der Waals surface area contributed by atoms with Crippen LogP contribution in [0, 0.1) is 40.1 Å². The summed E-state index contributed by atoms with van der Waals surface area (Å²) in [6, 6.07) is 1.67. The molecule has 0 fully saturated rings. The normalized spacial score (nSPS) is 14.0. The molecule has 7 aromatic rings. The lowest BCUT2D eigenvalue weighted by molar-refractivity contribution is -0.115. The quantitative estimate of drug-likeness (QED) is 0.0433. The molecule has 3 aliphatic rings. The number of H-pyrrole nitrogens is 2. The van der Waals surface area contributed by atoms with Crippen LogP contribution in [0.1, 0.15) is 25.0 Å². The Kier molecular flexibility index (Phi) is 26.2. The van der Waals surface area contributed by atoms with Gasteiger partial charge in [-0.3, -0.25) is 42.6 Å². The second kappa shape index (κ2) is 32.5. The molecule has 10 rings (SSSR count). The average molecular weight is 1540 g/mol. The van der Waals surface area contributed by atoms with Crippen LogP contribution in [0.4, 0.5) is 0 Å². The van der Waals surface area contributed by atoms with Gasteiger partial charge in [0.1, 0.15) is 58.7 Å². The standard InChI is InChI=1S/C14H6N6O8S2.C14H14N4O5S.C8Cl2N2O2.C8H8O2.2C3H4N2O3S.O3S/c1-15-9-10(16-2)14(22)12(20-6-8(4-18-20)30(26,27)28)11(13(9)21)19-5-7(3-17-19)29(23,24)25;1-8-11(17-5-3-4-15-17)13(19)9(2)12(14(8)20)18-7-10(6-16-18)24(21,22)23;1-11-5-6(12-2)8(14)4(10)3(9)7(5)13;1-5-3-8(10)6(2)4-7(5)9;2*6-9(7,8)3-1-4-5-2-3;1-4(2)3/h3-6H,(H,23,24,25)(H,26,27,28);3-7,19-20H,1-2H3,(H,21,22,23);;3-4H,1-2H3;2*1-2H,(H,4,5)(H,6,7,8);. The van der Waals surface area contributed by atoms with Crippen LogP contribution in [-0.4, -0.2) is 182 Å². The van der Waals surface area contributed by atoms with Gasteiger partial charge in [0.05, 0.1) is 85.9 Å². The monoisotopic (exact) mass is 1540 g/mol. The lowest BCUT2D eigenvalue weighted by atomic mass is 10.00. The largest absolute Gasteiger partial charge is 0.505 e. The van der Waals surface area contributed by atoms with Gasteiger partial charge in [-0.2, -0.15) is 72.7 Å². The number of nitrogens with one attached hydrogen (secondary N) is 2. The Morgan fingerprint density at radius 2 is 0.740 bits per heavy atom. The van der Waals surface area contributed by atoms with Crippen molar-refractivity contribution in [3.63, 3.8) is 0 Å². The highest BCUT2D eigenvalue weighted by Crippen LogP contribution is 2.41. The number of aromatic nitrogens is 12. The molecule has 50 heteroatoms. The fourth-order valence-corrected chi connectivity index (χ4v) is 9.59. The number of aromatic amines is 2. The van der Waals surface area contributed by atoms with Crippen molar-refractivity contribution < 1.29 is 116 Å². The van der Waals surface area contributed by atoms with E-state index in [4.69, 9.17) is 84.9 Å². The number of ketones is 6. The van der Waals surface area contributed by atoms with Crippen LogP contribution < -0.4 is 0 Å². The van der Waals surface area contributed by atoms with E-state index in [1.54, 1.807) is 40.0 Å². The first kappa shape index (κ1) is 80.7. The summed E-state index contributed by atoms with van der Waals surface area (Å²) in [5, 5.41) is 46.2. The second-order valence-corrected chi connectivity index (χ2v) is 26.5. The molecule has 0 aliphatic heterocycles. The number of phenols is 2. The Morgan fingerprint density at radius 3 is 0.990 bits per heavy atom. The number of aromatic hydroxyl groups is 2. The van der Waals surface area contributed by atoms with Gasteiger partial charge in [-0.25, -0.2) is 38.1 Å². The maximum Gasteiger partial charge on any atom is 0.425 e. The molecule has 42 nitrogen and oxygen atoms in total. The highest BCUT2D eigenvalue weighted by Gasteiger charge is 2.40. The Morgan fingerprint density at radius 1 is 0.450 bits per heavy atom. The lowest BCUT2D eigenvalue weighted by Gasteiger charge is -2.18. The first-order valence-corrected chi connectivity index (χ1v) is 33.9. The fourth-order valence-electron chi connectivity index (χ4n) is 7.22. The maximum absolute atomic E-state index is 12.8. The molecule has 0 spiro atoms. The van der Waals surface area contributed by atoms with Gasteiger partial charge in [0.2, 0.25) is 34.4 Å². The summed E-state index contributed by atoms with van der Waals surface area (Å²) in [7, 11) is -25.1. The topological polar surface area (TPSA) is 612 Å². The number of hydrogen-bond donors (Lipinski definition) is 9. The van der Waals surface area contributed by atoms with E-state index in [1.165, 1.54) is 23.0 Å². The Labute approximate surface area is 571 Å². The molecule has 100 heavy (non-hydrogen) atoms. The molecule has 0 unspecified atom stereocenters. The van der Waals surface area contributed by atoms with Gasteiger partial charge in [-0.1, -0.05) is 23.2 Å². The Hall–Kier alpha value is -11.8. The second-order valence-electron chi connectivity index (χ2n) is 18.3. The van der Waals surface area contributed by atoms with Gasteiger partial charge in [0, 0.05) is 47.1 Å². The predicted molar refractivity (Wildman–Crippen MR) is 330 cm³/mol. The number of Topliss-reactive ketones (excluding diaryl/α,β-unsaturated/α-hetero) is 4. The molecule has 0 atom stereocenters. The summed E-state index contributed by atoms with van der Waals surface area (Å²) in [6.07, 6.45) is 14.7. The molecule has 0 saturated carbocycles. The number of allylic oxidation sites excluding steroid dienone is 8. The molecule has 0 saturated heterocycles. The molecular formula is C50H36Cl2N16O26S6. The van der Waals surface area contributed by atoms with Crippen molar-refractivity contribution in [3.8, 4) is 22.9 Å². The molecule has 6 aromatic heterocycles. The molecule has 6 heterocycles. The summed E-state index contributed by atoms with van der Waals surface area (Å²) in [6.45, 7) is 33.9. The molecule has 9 N–H and O–H groups in total. The van der Waals surface area contributed by atoms with Crippen molar-refractivity contribution in [2.24, 2.45) is 0 Å². The van der Waals surface area contributed by atoms with Gasteiger partial charge >= 0.3 is 10.6 Å². The van der Waals surface area contributed by atoms with Gasteiger partial charge < -0.3 is 29.4 Å². The number of phenolic OH excluding ortho intramolecular Hbond substituents is 2. The maximum atomic E-state index is 12.8. The zero-order valence-corrected chi connectivity index (χ0v) is 55.9. The Balaban J connectivity index is 0.000000268. The van der Waals surface area contributed by atoms with E-state index >= 15 is 0 Å². The Bertz CT molecular complexity index is 5380. The minimum absolute atomic E-state index is 0.0582. The minimum atomic E-state index is -4.74. The molecular weight excluding hydrogens is 1500 g/mol. The molecule has 0 radical (unpaired) electrons. The van der Waals surface area contributed by atoms with E-state index in [0.29, 0.717) is 56.5 Å². The fraction of sp³-hybridized carbons (Fsp3) is 0.0800. The van der Waals surface area contributed by atoms with Gasteiger partial charge in [-0.15, -0.1) is 12.6 Å². The van der Waals surface area contributed by atoms with Crippen molar-refractivity contribution in [3.05, 3.63) is 193 Å². The van der Waals surface area contributed by atoms with E-state index in [1.807, 2.05) is 0 Å². The van der Waals surface area contributed by atoms with E-state index in [0.717, 1.165) is 41.9 Å². The molecule has 0 amide bonds. The third-order valence-electron chi connectivity index (χ3n) is 11.9. The number of rotatable bonds is 9. The summed E-state index contributed by atoms with van der Waals surface area (Å²) >= 11 is 10.8. The van der Waals surface area contributed by atoms with Gasteiger partial charge in [0.25, 0.3) is 50.6 Å². The SMILES string of the molecule is CC1=CC(=O)C(C)=CC1=O.Cc1c(O)c(-n2cc(S(=O)(=O)O)cn2)c(C)c(O)c1-n1cccn1.O=S(=O)(O)c1cn[nH]c1.O=S(=O)(O)c1cn[nH]c1.O=S(=O)=O.[C-]#[N+]C1=C([N+]#[C-])C(=O)C(Cl)=C(Cl)C1=O.[C-]#[N+]C1=C([N+]#[C-])C(=O)C(n2cc(S(=O)(=O)O)cn2)=C(n2cc(S(=O)(=O)O)cn2)C1=O. The van der Waals surface area contributed by atoms with Crippen molar-refractivity contribution in [2.75, 3.05) is 0 Å². The summed E-state index contributed by atoms with van der Waals surface area (Å²) in [5.74, 6) is -4.61. The third-order valence-corrected chi connectivity index (χ3v) is 16.8. The van der Waals surface area contributed by atoms with Crippen LogP contribution in [0.3, 0.4) is 0 Å². The molecule has 522 valence electrons. The molecule has 0 bridgehead atoms. The third kappa shape index (κ3) is 19.7. The number of halogens is 2. The number of hydrogen-bond acceptors (Lipinski definition) is 27. The van der Waals surface area contributed by atoms with Crippen LogP contribution in [0.2, 0.25) is 0 Å². The van der Waals surface area contributed by atoms with Crippen molar-refractivity contribution >= 4 is 130 Å². The van der Waals surface area contributed by atoms with Crippen molar-refractivity contribution in [2.45, 2.75) is 52.2 Å². The van der Waals surface area contributed by atoms with E-state index in [2.05, 4.69) is 60.2 Å². The van der Waals surface area contributed by atoms with E-state index in [-0.39, 0.29) is 44.1 Å².